The van der Waals surface area contributed by atoms with E-state index in [0.717, 1.165) is 52.8 Å². The van der Waals surface area contributed by atoms with Crippen LogP contribution in [0.2, 0.25) is 0 Å². The molecular formula is C25H15NO2S2. The summed E-state index contributed by atoms with van der Waals surface area (Å²) in [6.45, 7) is 0. The molecule has 3 N–H and O–H groups in total. The van der Waals surface area contributed by atoms with Crippen molar-refractivity contribution in [3.8, 4) is 11.1 Å². The summed E-state index contributed by atoms with van der Waals surface area (Å²) >= 11 is 2.83. The molecule has 0 bridgehead atoms. The van der Waals surface area contributed by atoms with Gasteiger partial charge >= 0.3 is 5.97 Å². The number of anilines is 1. The van der Waals surface area contributed by atoms with Crippen LogP contribution in [0.4, 0.5) is 5.00 Å². The van der Waals surface area contributed by atoms with Gasteiger partial charge in [0.15, 0.2) is 0 Å². The maximum absolute atomic E-state index is 12.3. The average molecular weight is 426 g/mol. The van der Waals surface area contributed by atoms with Crippen LogP contribution in [0.1, 0.15) is 9.67 Å². The Morgan fingerprint density at radius 3 is 1.83 bits per heavy atom. The molecule has 0 unspecified atom stereocenters. The lowest BCUT2D eigenvalue weighted by Gasteiger charge is -2.08. The topological polar surface area (TPSA) is 63.3 Å². The van der Waals surface area contributed by atoms with E-state index in [-0.39, 0.29) is 0 Å². The Bertz CT molecular complexity index is 1640. The number of nitrogens with two attached hydrogens (primary N) is 1. The minimum Gasteiger partial charge on any atom is -0.477 e. The molecule has 6 aromatic rings. The molecule has 0 saturated heterocycles. The number of carboxylic acids is 1. The number of carboxylic acid groups (broad SMARTS) is 1. The Hall–Kier alpha value is -3.41. The molecule has 6 rings (SSSR count). The van der Waals surface area contributed by atoms with E-state index in [0.29, 0.717) is 9.88 Å². The Balaban J connectivity index is 1.88. The van der Waals surface area contributed by atoms with E-state index >= 15 is 0 Å². The second-order valence-corrected chi connectivity index (χ2v) is 9.41. The number of thiophene rings is 2. The number of carbonyl (C=O) groups is 1. The second-order valence-electron chi connectivity index (χ2n) is 7.27. The molecule has 0 saturated carbocycles. The third kappa shape index (κ3) is 2.33. The Labute approximate surface area is 179 Å². The SMILES string of the molecule is Nc1sc2ccc3ccccc3c2c1-c1c(C(=O)O)sc2ccc3ccccc3c12. The van der Waals surface area contributed by atoms with E-state index in [1.165, 1.54) is 22.7 Å². The molecule has 0 spiro atoms. The van der Waals surface area contributed by atoms with Crippen molar-refractivity contribution in [1.82, 2.24) is 0 Å². The lowest BCUT2D eigenvalue weighted by Crippen LogP contribution is -1.96. The van der Waals surface area contributed by atoms with Crippen molar-refractivity contribution < 1.29 is 9.90 Å². The maximum atomic E-state index is 12.3. The zero-order valence-corrected chi connectivity index (χ0v) is 17.3. The minimum absolute atomic E-state index is 0.334. The van der Waals surface area contributed by atoms with Gasteiger partial charge in [-0.25, -0.2) is 4.79 Å². The molecule has 4 aromatic carbocycles. The lowest BCUT2D eigenvalue weighted by molar-refractivity contribution is 0.0703. The summed E-state index contributed by atoms with van der Waals surface area (Å²) in [6, 6.07) is 24.5. The van der Waals surface area contributed by atoms with Gasteiger partial charge in [-0.1, -0.05) is 60.7 Å². The summed E-state index contributed by atoms with van der Waals surface area (Å²) in [5, 5.41) is 17.1. The Morgan fingerprint density at radius 2 is 1.23 bits per heavy atom. The quantitative estimate of drug-likeness (QED) is 0.304. The molecule has 0 fully saturated rings. The number of fused-ring (bicyclic) bond motifs is 6. The monoisotopic (exact) mass is 425 g/mol. The Morgan fingerprint density at radius 1 is 0.700 bits per heavy atom. The smallest absolute Gasteiger partial charge is 0.346 e. The van der Waals surface area contributed by atoms with Crippen LogP contribution in [0.15, 0.2) is 72.8 Å². The maximum Gasteiger partial charge on any atom is 0.346 e. The number of benzene rings is 4. The van der Waals surface area contributed by atoms with Gasteiger partial charge in [-0.15, -0.1) is 22.7 Å². The van der Waals surface area contributed by atoms with E-state index in [1.807, 2.05) is 36.4 Å². The number of aromatic carboxylic acids is 1. The third-order valence-electron chi connectivity index (χ3n) is 5.63. The highest BCUT2D eigenvalue weighted by atomic mass is 32.1. The van der Waals surface area contributed by atoms with Crippen molar-refractivity contribution in [2.24, 2.45) is 0 Å². The summed E-state index contributed by atoms with van der Waals surface area (Å²) in [5.41, 5.74) is 8.15. The predicted molar refractivity (Wildman–Crippen MR) is 129 cm³/mol. The molecule has 30 heavy (non-hydrogen) atoms. The first kappa shape index (κ1) is 17.4. The van der Waals surface area contributed by atoms with Gasteiger partial charge < -0.3 is 10.8 Å². The van der Waals surface area contributed by atoms with E-state index in [4.69, 9.17) is 5.73 Å². The van der Waals surface area contributed by atoms with Gasteiger partial charge in [0.2, 0.25) is 0 Å². The molecule has 0 aliphatic carbocycles. The van der Waals surface area contributed by atoms with Gasteiger partial charge in [0.1, 0.15) is 4.88 Å². The molecule has 2 aromatic heterocycles. The lowest BCUT2D eigenvalue weighted by atomic mass is 9.94. The second kappa shape index (κ2) is 6.29. The largest absolute Gasteiger partial charge is 0.477 e. The van der Waals surface area contributed by atoms with Crippen LogP contribution in [-0.2, 0) is 0 Å². The van der Waals surface area contributed by atoms with Gasteiger partial charge in [-0.05, 0) is 33.7 Å². The van der Waals surface area contributed by atoms with Gasteiger partial charge in [0.25, 0.3) is 0 Å². The molecule has 0 atom stereocenters. The first-order valence-electron chi connectivity index (χ1n) is 9.51. The van der Waals surface area contributed by atoms with E-state index in [9.17, 15) is 9.90 Å². The number of rotatable bonds is 2. The van der Waals surface area contributed by atoms with Crippen LogP contribution in [0.25, 0.3) is 52.8 Å². The number of nitrogen functional groups attached to an aromatic ring is 1. The fraction of sp³-hybridized carbons (Fsp3) is 0. The van der Waals surface area contributed by atoms with E-state index in [2.05, 4.69) is 36.4 Å². The number of hydrogen-bond acceptors (Lipinski definition) is 4. The van der Waals surface area contributed by atoms with Crippen molar-refractivity contribution in [1.29, 1.82) is 0 Å². The summed E-state index contributed by atoms with van der Waals surface area (Å²) in [4.78, 5) is 12.6. The summed E-state index contributed by atoms with van der Waals surface area (Å²) in [7, 11) is 0. The van der Waals surface area contributed by atoms with Crippen molar-refractivity contribution in [3.63, 3.8) is 0 Å². The first-order chi connectivity index (χ1) is 14.6. The van der Waals surface area contributed by atoms with Gasteiger partial charge in [-0.3, -0.25) is 0 Å². The minimum atomic E-state index is -0.922. The molecule has 2 heterocycles. The van der Waals surface area contributed by atoms with Crippen molar-refractivity contribution in [3.05, 3.63) is 77.7 Å². The van der Waals surface area contributed by atoms with E-state index < -0.39 is 5.97 Å². The van der Waals surface area contributed by atoms with Gasteiger partial charge in [0, 0.05) is 31.3 Å². The van der Waals surface area contributed by atoms with Crippen molar-refractivity contribution in [2.45, 2.75) is 0 Å². The fourth-order valence-electron chi connectivity index (χ4n) is 4.39. The Kier molecular flexibility index (Phi) is 3.66. The number of hydrogen-bond donors (Lipinski definition) is 2. The molecule has 5 heteroatoms. The fourth-order valence-corrected chi connectivity index (χ4v) is 6.45. The van der Waals surface area contributed by atoms with Gasteiger partial charge in [0.05, 0.1) is 5.00 Å². The molecule has 0 radical (unpaired) electrons. The molecule has 0 aliphatic heterocycles. The molecule has 0 amide bonds. The molecule has 3 nitrogen and oxygen atoms in total. The molecular weight excluding hydrogens is 410 g/mol. The zero-order valence-electron chi connectivity index (χ0n) is 15.7. The van der Waals surface area contributed by atoms with Crippen molar-refractivity contribution in [2.75, 3.05) is 5.73 Å². The normalized spacial score (nSPS) is 11.7. The average Bonchev–Trinajstić information content (AvgIpc) is 3.31. The third-order valence-corrected chi connectivity index (χ3v) is 7.76. The van der Waals surface area contributed by atoms with Crippen LogP contribution < -0.4 is 5.73 Å². The molecule has 0 aliphatic rings. The van der Waals surface area contributed by atoms with Gasteiger partial charge in [-0.2, -0.15) is 0 Å². The summed E-state index contributed by atoms with van der Waals surface area (Å²) < 4.78 is 2.03. The predicted octanol–water partition coefficient (Wildman–Crippen LogP) is 7.37. The van der Waals surface area contributed by atoms with E-state index in [1.54, 1.807) is 0 Å². The highest BCUT2D eigenvalue weighted by Gasteiger charge is 2.26. The zero-order chi connectivity index (χ0) is 20.4. The van der Waals surface area contributed by atoms with Crippen LogP contribution >= 0.6 is 22.7 Å². The van der Waals surface area contributed by atoms with Crippen molar-refractivity contribution >= 4 is 75.4 Å². The first-order valence-corrected chi connectivity index (χ1v) is 11.1. The summed E-state index contributed by atoms with van der Waals surface area (Å²) in [5.74, 6) is -0.922. The van der Waals surface area contributed by atoms with Crippen LogP contribution in [0.3, 0.4) is 0 Å². The summed E-state index contributed by atoms with van der Waals surface area (Å²) in [6.07, 6.45) is 0. The standard InChI is InChI=1S/C25H15NO2S2/c26-24-22(20-16-8-4-2-6-14(16)10-12-18(20)30-24)21-19-15-7-3-1-5-13(15)9-11-17(19)29-23(21)25(27)28/h1-12H,26H2,(H,27,28). The highest BCUT2D eigenvalue weighted by Crippen LogP contribution is 2.51. The molecule has 144 valence electrons. The van der Waals surface area contributed by atoms with Crippen LogP contribution in [0.5, 0.6) is 0 Å². The van der Waals surface area contributed by atoms with Crippen LogP contribution in [0, 0.1) is 0 Å². The highest BCUT2D eigenvalue weighted by molar-refractivity contribution is 7.24. The van der Waals surface area contributed by atoms with Crippen LogP contribution in [-0.4, -0.2) is 11.1 Å².